The molecule has 0 aliphatic carbocycles. The molecule has 0 aliphatic heterocycles. The van der Waals surface area contributed by atoms with E-state index in [9.17, 15) is 0 Å². The molecule has 220 valence electrons. The molecule has 47 heavy (non-hydrogen) atoms. The Bertz CT molecular complexity index is 2810. The molecular formula is C43H26N2S2. The molecule has 10 rings (SSSR count). The van der Waals surface area contributed by atoms with Gasteiger partial charge in [0.25, 0.3) is 0 Å². The molecule has 8 aromatic carbocycles. The van der Waals surface area contributed by atoms with E-state index >= 15 is 0 Å². The predicted molar refractivity (Wildman–Crippen MR) is 205 cm³/mol. The number of aromatic nitrogens is 1. The maximum Gasteiger partial charge on any atom is 0.126 e. The average molecular weight is 635 g/mol. The van der Waals surface area contributed by atoms with Gasteiger partial charge in [0.1, 0.15) is 5.01 Å². The van der Waals surface area contributed by atoms with E-state index in [1.54, 1.807) is 0 Å². The van der Waals surface area contributed by atoms with E-state index in [1.807, 2.05) is 22.7 Å². The Labute approximate surface area is 279 Å². The summed E-state index contributed by atoms with van der Waals surface area (Å²) in [6, 6.07) is 57.0. The summed E-state index contributed by atoms with van der Waals surface area (Å²) in [5.41, 5.74) is 5.66. The highest BCUT2D eigenvalue weighted by Crippen LogP contribution is 2.46. The summed E-state index contributed by atoms with van der Waals surface area (Å²) < 4.78 is 3.86. The molecule has 0 saturated carbocycles. The fraction of sp³-hybridized carbons (Fsp3) is 0. The third-order valence-corrected chi connectivity index (χ3v) is 11.6. The molecule has 0 aliphatic rings. The standard InChI is InChI=1S/C43H26N2S2/c1-2-13-29(14-3-1)45(30-22-21-27-11-4-5-12-28(27)25-30)31-23-24-34-38(26-31)32-15-6-7-17-35(32)42-40(34)44-43(47-42)37-19-10-18-36-33-16-8-9-20-39(33)46-41(36)37/h1-26H. The van der Waals surface area contributed by atoms with Crippen molar-refractivity contribution in [3.63, 3.8) is 0 Å². The van der Waals surface area contributed by atoms with Crippen molar-refractivity contribution >= 4 is 102 Å². The van der Waals surface area contributed by atoms with Crippen LogP contribution in [0.4, 0.5) is 17.1 Å². The zero-order chi connectivity index (χ0) is 30.9. The number of hydrogen-bond donors (Lipinski definition) is 0. The van der Waals surface area contributed by atoms with Crippen LogP contribution in [0, 0.1) is 0 Å². The lowest BCUT2D eigenvalue weighted by Gasteiger charge is -2.26. The molecule has 0 unspecified atom stereocenters. The first kappa shape index (κ1) is 26.6. The number of fused-ring (bicyclic) bond motifs is 10. The summed E-state index contributed by atoms with van der Waals surface area (Å²) in [6.45, 7) is 0. The van der Waals surface area contributed by atoms with Crippen molar-refractivity contribution in [2.75, 3.05) is 4.90 Å². The normalized spacial score (nSPS) is 11.8. The van der Waals surface area contributed by atoms with E-state index in [-0.39, 0.29) is 0 Å². The summed E-state index contributed by atoms with van der Waals surface area (Å²) >= 11 is 3.67. The van der Waals surface area contributed by atoms with Crippen LogP contribution in [-0.2, 0) is 0 Å². The summed E-state index contributed by atoms with van der Waals surface area (Å²) in [5, 5.41) is 11.0. The minimum absolute atomic E-state index is 1.07. The van der Waals surface area contributed by atoms with Crippen LogP contribution in [0.3, 0.4) is 0 Å². The Morgan fingerprint density at radius 3 is 1.98 bits per heavy atom. The Morgan fingerprint density at radius 2 is 1.09 bits per heavy atom. The highest BCUT2D eigenvalue weighted by atomic mass is 32.1. The molecule has 0 saturated heterocycles. The number of rotatable bonds is 4. The van der Waals surface area contributed by atoms with Crippen LogP contribution >= 0.6 is 22.7 Å². The Hall–Kier alpha value is -5.55. The minimum atomic E-state index is 1.07. The summed E-state index contributed by atoms with van der Waals surface area (Å²) in [5.74, 6) is 0. The van der Waals surface area contributed by atoms with E-state index in [4.69, 9.17) is 4.98 Å². The van der Waals surface area contributed by atoms with Crippen molar-refractivity contribution in [3.05, 3.63) is 158 Å². The second kappa shape index (κ2) is 10.5. The molecule has 0 amide bonds. The van der Waals surface area contributed by atoms with Gasteiger partial charge in [-0.05, 0) is 64.0 Å². The van der Waals surface area contributed by atoms with Gasteiger partial charge in [0, 0.05) is 53.6 Å². The van der Waals surface area contributed by atoms with Gasteiger partial charge in [0.15, 0.2) is 0 Å². The molecule has 0 bridgehead atoms. The fourth-order valence-electron chi connectivity index (χ4n) is 7.07. The van der Waals surface area contributed by atoms with Crippen molar-refractivity contribution in [1.29, 1.82) is 0 Å². The number of nitrogens with zero attached hydrogens (tertiary/aromatic N) is 2. The van der Waals surface area contributed by atoms with Crippen molar-refractivity contribution in [3.8, 4) is 10.6 Å². The molecule has 2 aromatic heterocycles. The van der Waals surface area contributed by atoms with Crippen molar-refractivity contribution < 1.29 is 0 Å². The second-order valence-electron chi connectivity index (χ2n) is 12.0. The Balaban J connectivity index is 1.21. The van der Waals surface area contributed by atoms with Gasteiger partial charge < -0.3 is 4.90 Å². The van der Waals surface area contributed by atoms with Crippen LogP contribution in [0.15, 0.2) is 158 Å². The Morgan fingerprint density at radius 1 is 0.404 bits per heavy atom. The summed E-state index contributed by atoms with van der Waals surface area (Å²) in [6.07, 6.45) is 0. The number of para-hydroxylation sites is 1. The maximum absolute atomic E-state index is 5.42. The summed E-state index contributed by atoms with van der Waals surface area (Å²) in [7, 11) is 0. The van der Waals surface area contributed by atoms with Crippen molar-refractivity contribution in [2.45, 2.75) is 0 Å². The van der Waals surface area contributed by atoms with E-state index in [1.165, 1.54) is 62.8 Å². The molecule has 0 atom stereocenters. The third kappa shape index (κ3) is 4.19. The average Bonchev–Trinajstić information content (AvgIpc) is 3.75. The van der Waals surface area contributed by atoms with Crippen LogP contribution in [-0.4, -0.2) is 4.98 Å². The van der Waals surface area contributed by atoms with Gasteiger partial charge in [0.05, 0.1) is 10.2 Å². The summed E-state index contributed by atoms with van der Waals surface area (Å²) in [4.78, 5) is 7.78. The number of benzene rings is 8. The van der Waals surface area contributed by atoms with Crippen LogP contribution in [0.5, 0.6) is 0 Å². The monoisotopic (exact) mass is 634 g/mol. The molecule has 0 radical (unpaired) electrons. The SMILES string of the molecule is c1ccc(N(c2ccc3ccccc3c2)c2ccc3c(c2)c2ccccc2c2sc(-c4cccc5c4sc4ccccc45)nc32)cc1. The van der Waals surface area contributed by atoms with Gasteiger partial charge in [-0.3, -0.25) is 0 Å². The van der Waals surface area contributed by atoms with Gasteiger partial charge in [-0.25, -0.2) is 4.98 Å². The van der Waals surface area contributed by atoms with Crippen LogP contribution < -0.4 is 4.90 Å². The first-order valence-corrected chi connectivity index (χ1v) is 17.4. The maximum atomic E-state index is 5.42. The van der Waals surface area contributed by atoms with Crippen LogP contribution in [0.2, 0.25) is 0 Å². The third-order valence-electron chi connectivity index (χ3n) is 9.25. The molecule has 0 fully saturated rings. The van der Waals surface area contributed by atoms with E-state index in [0.717, 1.165) is 27.6 Å². The molecule has 4 heteroatoms. The lowest BCUT2D eigenvalue weighted by molar-refractivity contribution is 1.29. The molecular weight excluding hydrogens is 609 g/mol. The highest BCUT2D eigenvalue weighted by molar-refractivity contribution is 7.27. The first-order chi connectivity index (χ1) is 23.3. The quantitative estimate of drug-likeness (QED) is 0.179. The zero-order valence-electron chi connectivity index (χ0n) is 25.2. The fourth-order valence-corrected chi connectivity index (χ4v) is 9.51. The molecule has 0 N–H and O–H groups in total. The predicted octanol–water partition coefficient (Wildman–Crippen LogP) is 13.3. The van der Waals surface area contributed by atoms with Crippen molar-refractivity contribution in [1.82, 2.24) is 4.98 Å². The van der Waals surface area contributed by atoms with E-state index in [0.29, 0.717) is 0 Å². The lowest BCUT2D eigenvalue weighted by atomic mass is 9.99. The van der Waals surface area contributed by atoms with Gasteiger partial charge in [-0.1, -0.05) is 115 Å². The number of hydrogen-bond acceptors (Lipinski definition) is 4. The molecule has 2 heterocycles. The van der Waals surface area contributed by atoms with E-state index in [2.05, 4.69) is 163 Å². The number of thiophene rings is 1. The number of thiazole rings is 1. The largest absolute Gasteiger partial charge is 0.310 e. The van der Waals surface area contributed by atoms with Crippen LogP contribution in [0.25, 0.3) is 73.3 Å². The number of anilines is 3. The van der Waals surface area contributed by atoms with Crippen LogP contribution in [0.1, 0.15) is 0 Å². The lowest BCUT2D eigenvalue weighted by Crippen LogP contribution is -2.09. The van der Waals surface area contributed by atoms with Gasteiger partial charge in [-0.2, -0.15) is 0 Å². The molecule has 10 aromatic rings. The molecule has 0 spiro atoms. The van der Waals surface area contributed by atoms with Gasteiger partial charge >= 0.3 is 0 Å². The van der Waals surface area contributed by atoms with Gasteiger partial charge in [0.2, 0.25) is 0 Å². The zero-order valence-corrected chi connectivity index (χ0v) is 26.9. The minimum Gasteiger partial charge on any atom is -0.310 e. The van der Waals surface area contributed by atoms with Crippen molar-refractivity contribution in [2.24, 2.45) is 0 Å². The van der Waals surface area contributed by atoms with Gasteiger partial charge in [-0.15, -0.1) is 22.7 Å². The second-order valence-corrected chi connectivity index (χ2v) is 14.0. The highest BCUT2D eigenvalue weighted by Gasteiger charge is 2.19. The Kier molecular flexibility index (Phi) is 5.95. The van der Waals surface area contributed by atoms with E-state index < -0.39 is 0 Å². The molecule has 2 nitrogen and oxygen atoms in total. The first-order valence-electron chi connectivity index (χ1n) is 15.8. The topological polar surface area (TPSA) is 16.1 Å². The smallest absolute Gasteiger partial charge is 0.126 e.